The summed E-state index contributed by atoms with van der Waals surface area (Å²) in [4.78, 5) is 25.4. The molecule has 36 heavy (non-hydrogen) atoms. The SMILES string of the molecule is CCCCCCCC/C=C\CCCCCCCCOC[C@@H]1[C@@H](OC(=O)CCl)[C@@H](OC(=O)CCl)CN1C. The highest BCUT2D eigenvalue weighted by atomic mass is 35.5. The quantitative estimate of drug-likeness (QED) is 0.0651. The van der Waals surface area contributed by atoms with Gasteiger partial charge in [-0.25, -0.2) is 0 Å². The number of ether oxygens (including phenoxy) is 3. The van der Waals surface area contributed by atoms with E-state index < -0.39 is 24.1 Å². The first-order chi connectivity index (χ1) is 17.5. The van der Waals surface area contributed by atoms with Crippen LogP contribution >= 0.6 is 23.2 Å². The van der Waals surface area contributed by atoms with Gasteiger partial charge in [0.15, 0.2) is 12.2 Å². The van der Waals surface area contributed by atoms with E-state index in [2.05, 4.69) is 19.1 Å². The lowest BCUT2D eigenvalue weighted by Crippen LogP contribution is -2.42. The molecule has 0 aromatic rings. The Balaban J connectivity index is 2.09. The highest BCUT2D eigenvalue weighted by Crippen LogP contribution is 2.24. The van der Waals surface area contributed by atoms with Crippen molar-refractivity contribution >= 4 is 35.1 Å². The number of alkyl halides is 2. The average molecular weight is 551 g/mol. The van der Waals surface area contributed by atoms with Crippen LogP contribution in [0.25, 0.3) is 0 Å². The van der Waals surface area contributed by atoms with Crippen molar-refractivity contribution in [1.29, 1.82) is 0 Å². The van der Waals surface area contributed by atoms with Crippen molar-refractivity contribution in [1.82, 2.24) is 4.90 Å². The number of likely N-dealkylation sites (tertiary alicyclic amines) is 1. The number of carbonyl (C=O) groups is 2. The van der Waals surface area contributed by atoms with Crippen molar-refractivity contribution in [3.05, 3.63) is 12.2 Å². The molecule has 0 amide bonds. The average Bonchev–Trinajstić information content (AvgIpc) is 3.16. The minimum absolute atomic E-state index is 0.195. The van der Waals surface area contributed by atoms with Crippen molar-refractivity contribution in [2.75, 3.05) is 38.6 Å². The largest absolute Gasteiger partial charge is 0.456 e. The summed E-state index contributed by atoms with van der Waals surface area (Å²) < 4.78 is 16.7. The van der Waals surface area contributed by atoms with Crippen LogP contribution in [0.5, 0.6) is 0 Å². The summed E-state index contributed by atoms with van der Waals surface area (Å²) in [6.45, 7) is 3.77. The predicted molar refractivity (Wildman–Crippen MR) is 148 cm³/mol. The highest BCUT2D eigenvalue weighted by Gasteiger charge is 2.45. The van der Waals surface area contributed by atoms with Crippen LogP contribution < -0.4 is 0 Å². The maximum Gasteiger partial charge on any atom is 0.321 e. The van der Waals surface area contributed by atoms with Gasteiger partial charge in [0.25, 0.3) is 0 Å². The summed E-state index contributed by atoms with van der Waals surface area (Å²) in [7, 11) is 1.90. The second kappa shape index (κ2) is 22.2. The summed E-state index contributed by atoms with van der Waals surface area (Å²) in [5.41, 5.74) is 0. The molecule has 1 heterocycles. The molecule has 0 saturated carbocycles. The summed E-state index contributed by atoms with van der Waals surface area (Å²) in [6, 6.07) is -0.195. The number of hydrogen-bond donors (Lipinski definition) is 0. The molecule has 0 radical (unpaired) electrons. The van der Waals surface area contributed by atoms with Crippen molar-refractivity contribution in [2.45, 2.75) is 115 Å². The van der Waals surface area contributed by atoms with Gasteiger partial charge in [0.05, 0.1) is 12.6 Å². The number of likely N-dealkylation sites (N-methyl/N-ethyl adjacent to an activating group) is 1. The second-order valence-electron chi connectivity index (χ2n) is 9.77. The summed E-state index contributed by atoms with van der Waals surface area (Å²) in [6.07, 6.45) is 21.4. The lowest BCUT2D eigenvalue weighted by molar-refractivity contribution is -0.163. The Labute approximate surface area is 229 Å². The van der Waals surface area contributed by atoms with Crippen LogP contribution in [0.15, 0.2) is 12.2 Å². The molecule has 0 aromatic carbocycles. The minimum atomic E-state index is -0.617. The Kier molecular flexibility index (Phi) is 20.5. The molecule has 1 aliphatic rings. The van der Waals surface area contributed by atoms with Gasteiger partial charge < -0.3 is 14.2 Å². The first kappa shape index (κ1) is 33.2. The molecule has 6 nitrogen and oxygen atoms in total. The zero-order chi connectivity index (χ0) is 26.4. The molecule has 0 bridgehead atoms. The van der Waals surface area contributed by atoms with E-state index in [1.807, 2.05) is 11.9 Å². The lowest BCUT2D eigenvalue weighted by Gasteiger charge is -2.25. The summed E-state index contributed by atoms with van der Waals surface area (Å²) >= 11 is 11.2. The first-order valence-electron chi connectivity index (χ1n) is 14.0. The van der Waals surface area contributed by atoms with E-state index in [4.69, 9.17) is 37.4 Å². The van der Waals surface area contributed by atoms with Gasteiger partial charge in [0, 0.05) is 13.2 Å². The Hall–Kier alpha value is -0.820. The maximum absolute atomic E-state index is 11.8. The topological polar surface area (TPSA) is 65.1 Å². The van der Waals surface area contributed by atoms with Gasteiger partial charge in [-0.2, -0.15) is 0 Å². The van der Waals surface area contributed by atoms with Crippen molar-refractivity contribution in [3.8, 4) is 0 Å². The third kappa shape index (κ3) is 15.4. The number of halogens is 2. The number of esters is 2. The van der Waals surface area contributed by atoms with E-state index in [0.717, 1.165) is 12.8 Å². The Morgan fingerprint density at radius 2 is 1.33 bits per heavy atom. The van der Waals surface area contributed by atoms with Gasteiger partial charge in [-0.05, 0) is 39.2 Å². The molecule has 8 heteroatoms. The fraction of sp³-hybridized carbons (Fsp3) is 0.857. The number of carbonyl (C=O) groups excluding carboxylic acids is 2. The first-order valence-corrected chi connectivity index (χ1v) is 15.0. The van der Waals surface area contributed by atoms with E-state index in [-0.39, 0.29) is 17.8 Å². The van der Waals surface area contributed by atoms with E-state index >= 15 is 0 Å². The third-order valence-electron chi connectivity index (χ3n) is 6.64. The molecular formula is C28H49Cl2NO5. The van der Waals surface area contributed by atoms with Gasteiger partial charge >= 0.3 is 11.9 Å². The lowest BCUT2D eigenvalue weighted by atomic mass is 10.1. The Morgan fingerprint density at radius 1 is 0.806 bits per heavy atom. The Morgan fingerprint density at radius 3 is 1.92 bits per heavy atom. The fourth-order valence-electron chi connectivity index (χ4n) is 4.54. The predicted octanol–water partition coefficient (Wildman–Crippen LogP) is 6.66. The number of nitrogens with zero attached hydrogens (tertiary/aromatic N) is 1. The number of allylic oxidation sites excluding steroid dienone is 2. The summed E-state index contributed by atoms with van der Waals surface area (Å²) in [5.74, 6) is -1.57. The van der Waals surface area contributed by atoms with Gasteiger partial charge in [-0.3, -0.25) is 14.5 Å². The monoisotopic (exact) mass is 549 g/mol. The molecule has 0 unspecified atom stereocenters. The van der Waals surface area contributed by atoms with Crippen molar-refractivity contribution < 1.29 is 23.8 Å². The molecular weight excluding hydrogens is 501 g/mol. The molecule has 0 aliphatic carbocycles. The van der Waals surface area contributed by atoms with Gasteiger partial charge in [-0.15, -0.1) is 23.2 Å². The highest BCUT2D eigenvalue weighted by molar-refractivity contribution is 6.26. The maximum atomic E-state index is 11.8. The molecule has 1 aliphatic heterocycles. The number of rotatable bonds is 22. The third-order valence-corrected chi connectivity index (χ3v) is 7.07. The normalized spacial score (nSPS) is 20.3. The summed E-state index contributed by atoms with van der Waals surface area (Å²) in [5, 5.41) is 0. The number of hydrogen-bond acceptors (Lipinski definition) is 6. The fourth-order valence-corrected chi connectivity index (χ4v) is 4.67. The number of unbranched alkanes of at least 4 members (excludes halogenated alkanes) is 12. The van der Waals surface area contributed by atoms with Gasteiger partial charge in [0.2, 0.25) is 0 Å². The molecule has 0 spiro atoms. The van der Waals surface area contributed by atoms with Crippen LogP contribution in [0, 0.1) is 0 Å². The second-order valence-corrected chi connectivity index (χ2v) is 10.3. The van der Waals surface area contributed by atoms with E-state index in [0.29, 0.717) is 19.8 Å². The van der Waals surface area contributed by atoms with Crippen LogP contribution in [0.1, 0.15) is 96.8 Å². The van der Waals surface area contributed by atoms with Gasteiger partial charge in [-0.1, -0.05) is 76.9 Å². The van der Waals surface area contributed by atoms with E-state index in [9.17, 15) is 9.59 Å². The zero-order valence-corrected chi connectivity index (χ0v) is 24.1. The molecule has 3 atom stereocenters. The van der Waals surface area contributed by atoms with Crippen LogP contribution in [-0.2, 0) is 23.8 Å². The molecule has 1 rings (SSSR count). The van der Waals surface area contributed by atoms with Crippen LogP contribution in [0.3, 0.4) is 0 Å². The van der Waals surface area contributed by atoms with Crippen LogP contribution in [0.4, 0.5) is 0 Å². The van der Waals surface area contributed by atoms with Gasteiger partial charge in [0.1, 0.15) is 11.8 Å². The van der Waals surface area contributed by atoms with Crippen molar-refractivity contribution in [2.24, 2.45) is 0 Å². The molecule has 1 saturated heterocycles. The van der Waals surface area contributed by atoms with Crippen LogP contribution in [-0.4, -0.2) is 73.7 Å². The standard InChI is InChI=1S/C28H49Cl2NO5/c1-3-4-5-6-7-8-9-10-11-12-13-14-15-16-17-18-19-34-23-24-28(36-27(33)21-30)25(22-31(24)2)35-26(32)20-29/h10-11,24-25,28H,3-9,12-23H2,1-2H3/b11-10-/t24-,25+,28-/m1/s1. The zero-order valence-electron chi connectivity index (χ0n) is 22.6. The Bertz CT molecular complexity index is 604. The molecule has 0 aromatic heterocycles. The minimum Gasteiger partial charge on any atom is -0.456 e. The molecule has 0 N–H and O–H groups in total. The van der Waals surface area contributed by atoms with E-state index in [1.165, 1.54) is 77.0 Å². The van der Waals surface area contributed by atoms with Crippen LogP contribution in [0.2, 0.25) is 0 Å². The molecule has 1 fully saturated rings. The van der Waals surface area contributed by atoms with E-state index in [1.54, 1.807) is 0 Å². The smallest absolute Gasteiger partial charge is 0.321 e. The molecule has 210 valence electrons. The van der Waals surface area contributed by atoms with Crippen molar-refractivity contribution in [3.63, 3.8) is 0 Å².